The number of thiophene rings is 1. The van der Waals surface area contributed by atoms with E-state index in [4.69, 9.17) is 0 Å². The second-order valence-corrected chi connectivity index (χ2v) is 8.73. The summed E-state index contributed by atoms with van der Waals surface area (Å²) in [4.78, 5) is 14.9. The molecule has 0 fully saturated rings. The van der Waals surface area contributed by atoms with Gasteiger partial charge in [-0.2, -0.15) is 0 Å². The van der Waals surface area contributed by atoms with Crippen LogP contribution in [0.2, 0.25) is 0 Å². The van der Waals surface area contributed by atoms with E-state index in [2.05, 4.69) is 16.3 Å². The third-order valence-electron chi connectivity index (χ3n) is 4.38. The first-order chi connectivity index (χ1) is 13.1. The molecule has 2 aromatic carbocycles. The smallest absolute Gasteiger partial charge is 0.174 e. The van der Waals surface area contributed by atoms with Gasteiger partial charge in [0.25, 0.3) is 0 Å². The van der Waals surface area contributed by atoms with Crippen LogP contribution >= 0.6 is 23.1 Å². The number of aryl methyl sites for hydroxylation is 2. The van der Waals surface area contributed by atoms with Gasteiger partial charge in [0, 0.05) is 31.7 Å². The van der Waals surface area contributed by atoms with Gasteiger partial charge in [-0.15, -0.1) is 21.5 Å². The Hall–Kier alpha value is -2.50. The van der Waals surface area contributed by atoms with Crippen LogP contribution in [0.5, 0.6) is 0 Å². The molecule has 0 spiro atoms. The van der Waals surface area contributed by atoms with Crippen molar-refractivity contribution >= 4 is 39.7 Å². The summed E-state index contributed by atoms with van der Waals surface area (Å²) < 4.78 is 0. The van der Waals surface area contributed by atoms with E-state index in [9.17, 15) is 4.79 Å². The highest BCUT2D eigenvalue weighted by Crippen LogP contribution is 2.32. The maximum Gasteiger partial charge on any atom is 0.174 e. The van der Waals surface area contributed by atoms with Crippen LogP contribution in [-0.2, 0) is 0 Å². The minimum Gasteiger partial charge on any atom is -0.293 e. The molecule has 0 radical (unpaired) electrons. The zero-order valence-corrected chi connectivity index (χ0v) is 16.7. The highest BCUT2D eigenvalue weighted by atomic mass is 32.2. The zero-order chi connectivity index (χ0) is 18.8. The van der Waals surface area contributed by atoms with E-state index in [0.29, 0.717) is 5.75 Å². The fraction of sp³-hybridized carbons (Fsp3) is 0.136. The van der Waals surface area contributed by atoms with Crippen molar-refractivity contribution in [2.24, 2.45) is 0 Å². The molecule has 0 aliphatic rings. The lowest BCUT2D eigenvalue weighted by Crippen LogP contribution is -2.03. The summed E-state index contributed by atoms with van der Waals surface area (Å²) in [7, 11) is 0. The molecule has 0 bridgehead atoms. The van der Waals surface area contributed by atoms with Crippen LogP contribution in [0.3, 0.4) is 0 Å². The van der Waals surface area contributed by atoms with Crippen LogP contribution in [0.1, 0.15) is 20.1 Å². The van der Waals surface area contributed by atoms with Gasteiger partial charge in [-0.1, -0.05) is 66.4 Å². The fourth-order valence-corrected chi connectivity index (χ4v) is 4.91. The minimum absolute atomic E-state index is 0.139. The molecule has 4 rings (SSSR count). The highest BCUT2D eigenvalue weighted by molar-refractivity contribution is 8.00. The normalized spacial score (nSPS) is 11.0. The van der Waals surface area contributed by atoms with Gasteiger partial charge in [-0.3, -0.25) is 4.79 Å². The van der Waals surface area contributed by atoms with Crippen molar-refractivity contribution in [2.75, 3.05) is 5.75 Å². The van der Waals surface area contributed by atoms with Gasteiger partial charge in [0.15, 0.2) is 5.78 Å². The molecule has 134 valence electrons. The number of hydrogen-bond donors (Lipinski definition) is 0. The van der Waals surface area contributed by atoms with E-state index in [1.165, 1.54) is 16.6 Å². The first-order valence-electron chi connectivity index (χ1n) is 8.67. The van der Waals surface area contributed by atoms with E-state index in [1.807, 2.05) is 68.4 Å². The van der Waals surface area contributed by atoms with Crippen LogP contribution in [0, 0.1) is 13.8 Å². The van der Waals surface area contributed by atoms with Crippen LogP contribution in [-0.4, -0.2) is 21.7 Å². The van der Waals surface area contributed by atoms with Gasteiger partial charge in [0.05, 0.1) is 5.75 Å². The summed E-state index contributed by atoms with van der Waals surface area (Å²) in [5, 5.41) is 11.8. The molecule has 0 saturated heterocycles. The van der Waals surface area contributed by atoms with Gasteiger partial charge < -0.3 is 0 Å². The first kappa shape index (κ1) is 17.9. The number of ketones is 1. The van der Waals surface area contributed by atoms with Crippen molar-refractivity contribution in [1.82, 2.24) is 10.2 Å². The summed E-state index contributed by atoms with van der Waals surface area (Å²) in [5.41, 5.74) is 2.73. The molecule has 2 aromatic heterocycles. The average molecular weight is 391 g/mol. The molecule has 27 heavy (non-hydrogen) atoms. The number of Topliss-reactive ketones (excluding diaryl/α,β-unsaturated/α-hetero) is 1. The molecule has 3 nitrogen and oxygen atoms in total. The van der Waals surface area contributed by atoms with Crippen molar-refractivity contribution in [2.45, 2.75) is 18.9 Å². The van der Waals surface area contributed by atoms with Gasteiger partial charge in [-0.25, -0.2) is 0 Å². The lowest BCUT2D eigenvalue weighted by Gasteiger charge is -2.09. The van der Waals surface area contributed by atoms with E-state index >= 15 is 0 Å². The number of aromatic nitrogens is 2. The molecule has 0 aliphatic carbocycles. The van der Waals surface area contributed by atoms with Gasteiger partial charge in [0.1, 0.15) is 10.7 Å². The van der Waals surface area contributed by atoms with Crippen LogP contribution < -0.4 is 0 Å². The Kier molecular flexibility index (Phi) is 5.05. The Labute approximate surface area is 166 Å². The number of benzene rings is 2. The molecule has 5 heteroatoms. The predicted octanol–water partition coefficient (Wildman–Crippen LogP) is 5.95. The van der Waals surface area contributed by atoms with Gasteiger partial charge >= 0.3 is 0 Å². The summed E-state index contributed by atoms with van der Waals surface area (Å²) in [5.74, 6) is 0.500. The number of thioether (sulfide) groups is 1. The Bertz CT molecular complexity index is 1120. The van der Waals surface area contributed by atoms with Crippen LogP contribution in [0.15, 0.2) is 65.7 Å². The molecule has 0 unspecified atom stereocenters. The van der Waals surface area contributed by atoms with Gasteiger partial charge in [-0.05, 0) is 19.9 Å². The van der Waals surface area contributed by atoms with Crippen molar-refractivity contribution in [1.29, 1.82) is 0 Å². The summed E-state index contributed by atoms with van der Waals surface area (Å²) in [6, 6.07) is 20.1. The number of nitrogens with zero attached hydrogens (tertiary/aromatic N) is 2. The van der Waals surface area contributed by atoms with E-state index in [1.54, 1.807) is 11.3 Å². The Morgan fingerprint density at radius 2 is 1.67 bits per heavy atom. The molecule has 4 aromatic rings. The van der Waals surface area contributed by atoms with E-state index < -0.39 is 0 Å². The lowest BCUT2D eigenvalue weighted by atomic mass is 10.1. The number of carbonyl (C=O) groups is 1. The Morgan fingerprint density at radius 3 is 2.37 bits per heavy atom. The van der Waals surface area contributed by atoms with E-state index in [0.717, 1.165) is 37.5 Å². The Morgan fingerprint density at radius 1 is 0.963 bits per heavy atom. The molecular formula is C22H18N2OS2. The number of rotatable bonds is 5. The SMILES string of the molecule is Cc1cc(C(=O)CSc2nnc(-c3ccccc3)c3ccccc23)c(C)s1. The van der Waals surface area contributed by atoms with Gasteiger partial charge in [0.2, 0.25) is 0 Å². The summed E-state index contributed by atoms with van der Waals surface area (Å²) >= 11 is 3.12. The largest absolute Gasteiger partial charge is 0.293 e. The molecular weight excluding hydrogens is 372 g/mol. The molecule has 0 saturated carbocycles. The predicted molar refractivity (Wildman–Crippen MR) is 114 cm³/mol. The zero-order valence-electron chi connectivity index (χ0n) is 15.1. The molecule has 0 atom stereocenters. The molecule has 2 heterocycles. The quantitative estimate of drug-likeness (QED) is 0.312. The topological polar surface area (TPSA) is 42.9 Å². The lowest BCUT2D eigenvalue weighted by molar-refractivity contribution is 0.102. The van der Waals surface area contributed by atoms with Crippen molar-refractivity contribution in [3.8, 4) is 11.3 Å². The maximum absolute atomic E-state index is 12.6. The molecule has 0 amide bonds. The third-order valence-corrected chi connectivity index (χ3v) is 6.33. The van der Waals surface area contributed by atoms with E-state index in [-0.39, 0.29) is 5.78 Å². The average Bonchev–Trinajstić information content (AvgIpc) is 3.04. The van der Waals surface area contributed by atoms with Crippen LogP contribution in [0.25, 0.3) is 22.0 Å². The number of fused-ring (bicyclic) bond motifs is 1. The third kappa shape index (κ3) is 3.66. The highest BCUT2D eigenvalue weighted by Gasteiger charge is 2.15. The van der Waals surface area contributed by atoms with Crippen LogP contribution in [0.4, 0.5) is 0 Å². The second-order valence-electron chi connectivity index (χ2n) is 6.30. The van der Waals surface area contributed by atoms with Crippen molar-refractivity contribution in [3.05, 3.63) is 76.0 Å². The number of carbonyl (C=O) groups excluding carboxylic acids is 1. The molecule has 0 aliphatic heterocycles. The maximum atomic E-state index is 12.6. The second kappa shape index (κ2) is 7.62. The summed E-state index contributed by atoms with van der Waals surface area (Å²) in [6.45, 7) is 4.03. The molecule has 0 N–H and O–H groups in total. The Balaban J connectivity index is 1.65. The summed E-state index contributed by atoms with van der Waals surface area (Å²) in [6.07, 6.45) is 0. The number of hydrogen-bond acceptors (Lipinski definition) is 5. The van der Waals surface area contributed by atoms with Crippen molar-refractivity contribution in [3.63, 3.8) is 0 Å². The first-order valence-corrected chi connectivity index (χ1v) is 10.5. The minimum atomic E-state index is 0.139. The van der Waals surface area contributed by atoms with Crippen molar-refractivity contribution < 1.29 is 4.79 Å². The standard InChI is InChI=1S/C22H18N2OS2/c1-14-12-19(15(2)27-14)20(25)13-26-22-18-11-7-6-10-17(18)21(23-24-22)16-8-4-3-5-9-16/h3-12H,13H2,1-2H3. The monoisotopic (exact) mass is 390 g/mol. The fourth-order valence-electron chi connectivity index (χ4n) is 3.11.